The molecule has 3 rings (SSSR count). The van der Waals surface area contributed by atoms with Gasteiger partial charge in [-0.05, 0) is 31.2 Å². The van der Waals surface area contributed by atoms with Crippen molar-refractivity contribution in [3.05, 3.63) is 57.6 Å². The minimum atomic E-state index is -2.48. The number of hydrogen-bond donors (Lipinski definition) is 1. The quantitative estimate of drug-likeness (QED) is 0.791. The maximum atomic E-state index is 12.5. The number of pyridine rings is 1. The van der Waals surface area contributed by atoms with Gasteiger partial charge in [-0.1, -0.05) is 23.7 Å². The Morgan fingerprint density at radius 3 is 2.81 bits per heavy atom. The molecule has 5 nitrogen and oxygen atoms in total. The van der Waals surface area contributed by atoms with Gasteiger partial charge in [0, 0.05) is 16.8 Å². The van der Waals surface area contributed by atoms with Crippen LogP contribution in [0.15, 0.2) is 41.2 Å². The highest BCUT2D eigenvalue weighted by Crippen LogP contribution is 2.24. The van der Waals surface area contributed by atoms with Gasteiger partial charge in [0.25, 0.3) is 0 Å². The predicted octanol–water partition coefficient (Wildman–Crippen LogP) is 2.78. The second-order valence-corrected chi connectivity index (χ2v) is 4.89. The van der Waals surface area contributed by atoms with Crippen LogP contribution in [0.1, 0.15) is 9.81 Å². The van der Waals surface area contributed by atoms with Crippen LogP contribution in [-0.4, -0.2) is 21.5 Å². The molecule has 0 atom stereocenters. The summed E-state index contributed by atoms with van der Waals surface area (Å²) in [5.74, 6) is -0.0363. The van der Waals surface area contributed by atoms with Gasteiger partial charge < -0.3 is 5.32 Å². The van der Waals surface area contributed by atoms with Gasteiger partial charge in [-0.15, -0.1) is 0 Å². The van der Waals surface area contributed by atoms with Crippen LogP contribution in [0, 0.1) is 6.92 Å². The van der Waals surface area contributed by atoms with Gasteiger partial charge in [0.15, 0.2) is 5.65 Å². The molecule has 6 heteroatoms. The first-order valence-electron chi connectivity index (χ1n) is 7.70. The molecule has 0 unspecified atom stereocenters. The van der Waals surface area contributed by atoms with Gasteiger partial charge >= 0.3 is 5.69 Å². The molecule has 0 fully saturated rings. The van der Waals surface area contributed by atoms with Gasteiger partial charge in [-0.3, -0.25) is 0 Å². The third kappa shape index (κ3) is 2.25. The van der Waals surface area contributed by atoms with E-state index in [4.69, 9.17) is 15.7 Å². The Bertz CT molecular complexity index is 985. The summed E-state index contributed by atoms with van der Waals surface area (Å²) in [7, 11) is 0. The molecule has 0 aliphatic rings. The number of hydrogen-bond acceptors (Lipinski definition) is 4. The van der Waals surface area contributed by atoms with Crippen molar-refractivity contribution < 1.29 is 4.11 Å². The highest BCUT2D eigenvalue weighted by molar-refractivity contribution is 6.32. The van der Waals surface area contributed by atoms with E-state index in [0.717, 1.165) is 0 Å². The number of aromatic nitrogens is 3. The lowest BCUT2D eigenvalue weighted by Gasteiger charge is -2.13. The topological polar surface area (TPSA) is 59.8 Å². The van der Waals surface area contributed by atoms with E-state index in [0.29, 0.717) is 21.8 Å². The zero-order valence-electron chi connectivity index (χ0n) is 14.1. The fourth-order valence-corrected chi connectivity index (χ4v) is 2.36. The number of para-hydroxylation sites is 1. The lowest BCUT2D eigenvalue weighted by molar-refractivity contribution is 0.938. The van der Waals surface area contributed by atoms with Gasteiger partial charge in [-0.2, -0.15) is 4.98 Å². The van der Waals surface area contributed by atoms with Crippen molar-refractivity contribution in [1.82, 2.24) is 14.5 Å². The molecule has 0 spiro atoms. The molecule has 2 heterocycles. The monoisotopic (exact) mass is 303 g/mol. The number of nitrogens with zero attached hydrogens (tertiary/aromatic N) is 3. The molecule has 0 aliphatic carbocycles. The van der Waals surface area contributed by atoms with Crippen LogP contribution in [-0.2, 0) is 0 Å². The lowest BCUT2D eigenvalue weighted by Crippen LogP contribution is -2.24. The van der Waals surface area contributed by atoms with E-state index in [9.17, 15) is 4.79 Å². The highest BCUT2D eigenvalue weighted by Gasteiger charge is 2.14. The summed E-state index contributed by atoms with van der Waals surface area (Å²) in [5.41, 5.74) is 0.726. The minimum absolute atomic E-state index is 0.0363. The van der Waals surface area contributed by atoms with Crippen molar-refractivity contribution in [2.75, 3.05) is 12.3 Å². The molecule has 0 aliphatic heterocycles. The number of benzene rings is 1. The zero-order valence-corrected chi connectivity index (χ0v) is 11.8. The number of anilines is 1. The zero-order chi connectivity index (χ0) is 17.5. The number of rotatable bonds is 2. The van der Waals surface area contributed by atoms with E-state index in [1.165, 1.54) is 4.57 Å². The van der Waals surface area contributed by atoms with E-state index < -0.39 is 12.7 Å². The second kappa shape index (κ2) is 5.18. The first kappa shape index (κ1) is 10.3. The summed E-state index contributed by atoms with van der Waals surface area (Å²) >= 11 is 6.20. The van der Waals surface area contributed by atoms with Crippen LogP contribution in [0.3, 0.4) is 0 Å². The average molecular weight is 304 g/mol. The summed E-state index contributed by atoms with van der Waals surface area (Å²) < 4.78 is 23.3. The van der Waals surface area contributed by atoms with Crippen molar-refractivity contribution in [3.8, 4) is 5.69 Å². The molecule has 1 N–H and O–H groups in total. The molecule has 0 amide bonds. The summed E-state index contributed by atoms with van der Waals surface area (Å²) in [6, 6.07) is 10.2. The van der Waals surface area contributed by atoms with Crippen LogP contribution in [0.25, 0.3) is 16.7 Å². The van der Waals surface area contributed by atoms with Crippen molar-refractivity contribution in [1.29, 1.82) is 0 Å². The Morgan fingerprint density at radius 2 is 2.05 bits per heavy atom. The summed E-state index contributed by atoms with van der Waals surface area (Å²) in [4.78, 5) is 20.8. The normalized spacial score (nSPS) is 13.5. The summed E-state index contributed by atoms with van der Waals surface area (Å²) in [6.07, 6.45) is 0. The molecule has 0 saturated carbocycles. The van der Waals surface area contributed by atoms with E-state index in [2.05, 4.69) is 15.3 Å². The van der Waals surface area contributed by atoms with Gasteiger partial charge in [-0.25, -0.2) is 14.3 Å². The Kier molecular flexibility index (Phi) is 2.55. The molecule has 3 aromatic rings. The van der Waals surface area contributed by atoms with Crippen LogP contribution >= 0.6 is 11.6 Å². The Labute approximate surface area is 130 Å². The van der Waals surface area contributed by atoms with Crippen LogP contribution in [0.5, 0.6) is 0 Å². The third-order valence-electron chi connectivity index (χ3n) is 3.09. The molecule has 1 aromatic carbocycles. The van der Waals surface area contributed by atoms with E-state index in [1.54, 1.807) is 43.3 Å². The number of fused-ring (bicyclic) bond motifs is 1. The molecule has 0 radical (unpaired) electrons. The van der Waals surface area contributed by atoms with Gasteiger partial charge in [0.05, 0.1) is 16.1 Å². The van der Waals surface area contributed by atoms with Crippen molar-refractivity contribution >= 4 is 28.5 Å². The largest absolute Gasteiger partial charge is 0.372 e. The molecule has 0 bridgehead atoms. The van der Waals surface area contributed by atoms with Crippen LogP contribution in [0.4, 0.5) is 5.82 Å². The maximum Gasteiger partial charge on any atom is 0.355 e. The molecule has 106 valence electrons. The minimum Gasteiger partial charge on any atom is -0.372 e. The van der Waals surface area contributed by atoms with E-state index in [1.807, 2.05) is 0 Å². The fourth-order valence-electron chi connectivity index (χ4n) is 2.14. The first-order chi connectivity index (χ1) is 11.3. The summed E-state index contributed by atoms with van der Waals surface area (Å²) in [6.45, 7) is -0.702. The molecule has 2 aromatic heterocycles. The predicted molar refractivity (Wildman–Crippen MR) is 84.4 cm³/mol. The fraction of sp³-hybridized carbons (Fsp3) is 0.133. The first-order valence-corrected chi connectivity index (χ1v) is 6.57. The summed E-state index contributed by atoms with van der Waals surface area (Å²) in [5, 5.41) is 3.06. The Balaban J connectivity index is 2.38. The molecule has 0 saturated heterocycles. The lowest BCUT2D eigenvalue weighted by atomic mass is 10.2. The standard InChI is InChI=1S/C15H13ClN4O/c1-9-7-8-10-13(17-2)19-15(21)20(14(10)18-9)12-6-4-3-5-11(12)16/h3-8H,1-2H3,(H,17,19,21)/i2D3. The highest BCUT2D eigenvalue weighted by atomic mass is 35.5. The van der Waals surface area contributed by atoms with Crippen molar-refractivity contribution in [2.24, 2.45) is 0 Å². The third-order valence-corrected chi connectivity index (χ3v) is 3.41. The second-order valence-electron chi connectivity index (χ2n) is 4.48. The average Bonchev–Trinajstić information content (AvgIpc) is 2.47. The number of halogens is 1. The van der Waals surface area contributed by atoms with Crippen molar-refractivity contribution in [3.63, 3.8) is 0 Å². The smallest absolute Gasteiger partial charge is 0.355 e. The molecule has 21 heavy (non-hydrogen) atoms. The van der Waals surface area contributed by atoms with Gasteiger partial charge in [0.2, 0.25) is 0 Å². The Morgan fingerprint density at radius 1 is 1.24 bits per heavy atom. The number of nitrogens with one attached hydrogen (secondary N) is 1. The van der Waals surface area contributed by atoms with Crippen LogP contribution in [0.2, 0.25) is 5.02 Å². The Hall–Kier alpha value is -2.40. The van der Waals surface area contributed by atoms with E-state index in [-0.39, 0.29) is 11.5 Å². The van der Waals surface area contributed by atoms with Crippen LogP contribution < -0.4 is 11.0 Å². The van der Waals surface area contributed by atoms with Gasteiger partial charge in [0.1, 0.15) is 5.82 Å². The van der Waals surface area contributed by atoms with E-state index >= 15 is 0 Å². The maximum absolute atomic E-state index is 12.5. The molecular weight excluding hydrogens is 288 g/mol. The molecular formula is C15H13ClN4O. The SMILES string of the molecule is [2H]C([2H])([2H])Nc1nc(=O)n(-c2ccccc2Cl)c2nc(C)ccc12. The number of aryl methyl sites for hydroxylation is 1. The van der Waals surface area contributed by atoms with Crippen molar-refractivity contribution in [2.45, 2.75) is 6.92 Å².